The molecule has 3 rings (SSSR count). The number of methoxy groups -OCH3 is 1. The smallest absolute Gasteiger partial charge is 0.255 e. The van der Waals surface area contributed by atoms with Crippen molar-refractivity contribution >= 4 is 16.7 Å². The highest BCUT2D eigenvalue weighted by molar-refractivity contribution is 6.01. The molecule has 0 aliphatic rings. The molecule has 3 aromatic carbocycles. The predicted octanol–water partition coefficient (Wildman–Crippen LogP) is 4.96. The first kappa shape index (κ1) is 17.0. The molecule has 1 N–H and O–H groups in total. The highest BCUT2D eigenvalue weighted by atomic mass is 16.5. The highest BCUT2D eigenvalue weighted by Gasteiger charge is 2.17. The van der Waals surface area contributed by atoms with Crippen LogP contribution in [0.25, 0.3) is 10.8 Å². The maximum atomic E-state index is 12.8. The summed E-state index contributed by atoms with van der Waals surface area (Å²) in [5, 5.41) is 5.15. The summed E-state index contributed by atoms with van der Waals surface area (Å²) in [6.07, 6.45) is 0. The van der Waals surface area contributed by atoms with E-state index in [9.17, 15) is 4.79 Å². The number of ether oxygens (including phenoxy) is 1. The lowest BCUT2D eigenvalue weighted by Gasteiger charge is -2.17. The Morgan fingerprint density at radius 3 is 2.28 bits per heavy atom. The van der Waals surface area contributed by atoms with Crippen LogP contribution in [0, 0.1) is 13.8 Å². The Hall–Kier alpha value is -2.81. The van der Waals surface area contributed by atoms with Gasteiger partial charge in [0.2, 0.25) is 0 Å². The number of rotatable bonds is 4. The van der Waals surface area contributed by atoms with Gasteiger partial charge in [-0.25, -0.2) is 0 Å². The molecule has 0 saturated carbocycles. The minimum atomic E-state index is -0.131. The van der Waals surface area contributed by atoms with E-state index in [1.165, 1.54) is 11.1 Å². The fourth-order valence-corrected chi connectivity index (χ4v) is 2.96. The molecule has 0 heterocycles. The van der Waals surface area contributed by atoms with Crippen molar-refractivity contribution in [3.8, 4) is 5.75 Å². The van der Waals surface area contributed by atoms with E-state index in [-0.39, 0.29) is 11.9 Å². The average Bonchev–Trinajstić information content (AvgIpc) is 2.62. The zero-order chi connectivity index (χ0) is 18.0. The number of aryl methyl sites for hydroxylation is 2. The molecule has 0 aromatic heterocycles. The second-order valence-corrected chi connectivity index (χ2v) is 6.44. The quantitative estimate of drug-likeness (QED) is 0.733. The van der Waals surface area contributed by atoms with Gasteiger partial charge in [0.1, 0.15) is 5.75 Å². The van der Waals surface area contributed by atoms with Gasteiger partial charge in [-0.3, -0.25) is 4.79 Å². The SMILES string of the molecule is COc1cc2ccccc2cc1C(=O)N[C@@H](C)c1ccc(C)c(C)c1. The van der Waals surface area contributed by atoms with Crippen molar-refractivity contribution < 1.29 is 9.53 Å². The van der Waals surface area contributed by atoms with E-state index >= 15 is 0 Å². The largest absolute Gasteiger partial charge is 0.496 e. The monoisotopic (exact) mass is 333 g/mol. The van der Waals surface area contributed by atoms with E-state index in [0.717, 1.165) is 16.3 Å². The van der Waals surface area contributed by atoms with Crippen LogP contribution in [0.1, 0.15) is 40.0 Å². The number of amides is 1. The Morgan fingerprint density at radius 1 is 0.960 bits per heavy atom. The first-order valence-corrected chi connectivity index (χ1v) is 8.44. The summed E-state index contributed by atoms with van der Waals surface area (Å²) in [4.78, 5) is 12.8. The number of hydrogen-bond acceptors (Lipinski definition) is 2. The molecule has 0 aliphatic heterocycles. The topological polar surface area (TPSA) is 38.3 Å². The van der Waals surface area contributed by atoms with Gasteiger partial charge >= 0.3 is 0 Å². The van der Waals surface area contributed by atoms with E-state index in [2.05, 4.69) is 37.4 Å². The van der Waals surface area contributed by atoms with E-state index in [1.807, 2.05) is 43.3 Å². The van der Waals surface area contributed by atoms with Crippen molar-refractivity contribution in [2.24, 2.45) is 0 Å². The summed E-state index contributed by atoms with van der Waals surface area (Å²) in [7, 11) is 1.59. The van der Waals surface area contributed by atoms with Crippen LogP contribution in [0.3, 0.4) is 0 Å². The standard InChI is InChI=1S/C22H23NO2/c1-14-9-10-17(11-15(14)2)16(3)23-22(24)20-12-18-7-5-6-8-19(18)13-21(20)25-4/h5-13,16H,1-4H3,(H,23,24)/t16-/m0/s1. The van der Waals surface area contributed by atoms with Gasteiger partial charge in [0.15, 0.2) is 0 Å². The average molecular weight is 333 g/mol. The minimum Gasteiger partial charge on any atom is -0.496 e. The molecule has 25 heavy (non-hydrogen) atoms. The number of benzene rings is 3. The maximum Gasteiger partial charge on any atom is 0.255 e. The fourth-order valence-electron chi connectivity index (χ4n) is 2.96. The minimum absolute atomic E-state index is 0.0806. The normalized spacial score (nSPS) is 12.0. The van der Waals surface area contributed by atoms with Crippen molar-refractivity contribution in [1.29, 1.82) is 0 Å². The molecule has 0 unspecified atom stereocenters. The molecular formula is C22H23NO2. The summed E-state index contributed by atoms with van der Waals surface area (Å²) in [5.41, 5.74) is 4.12. The maximum absolute atomic E-state index is 12.8. The van der Waals surface area contributed by atoms with E-state index in [4.69, 9.17) is 4.74 Å². The van der Waals surface area contributed by atoms with Crippen LogP contribution < -0.4 is 10.1 Å². The highest BCUT2D eigenvalue weighted by Crippen LogP contribution is 2.27. The van der Waals surface area contributed by atoms with Crippen molar-refractivity contribution in [2.75, 3.05) is 7.11 Å². The molecule has 1 amide bonds. The van der Waals surface area contributed by atoms with Gasteiger partial charge in [0.05, 0.1) is 18.7 Å². The van der Waals surface area contributed by atoms with Gasteiger partial charge < -0.3 is 10.1 Å². The van der Waals surface area contributed by atoms with Gasteiger partial charge in [0, 0.05) is 0 Å². The number of hydrogen-bond donors (Lipinski definition) is 1. The molecule has 0 bridgehead atoms. The molecule has 0 saturated heterocycles. The summed E-state index contributed by atoms with van der Waals surface area (Å²) < 4.78 is 5.44. The van der Waals surface area contributed by atoms with Gasteiger partial charge in [0.25, 0.3) is 5.91 Å². The molecule has 0 radical (unpaired) electrons. The van der Waals surface area contributed by atoms with Gasteiger partial charge in [-0.15, -0.1) is 0 Å². The number of fused-ring (bicyclic) bond motifs is 1. The number of carbonyl (C=O) groups excluding carboxylic acids is 1. The van der Waals surface area contributed by atoms with Crippen LogP contribution in [0.4, 0.5) is 0 Å². The first-order valence-electron chi connectivity index (χ1n) is 8.44. The predicted molar refractivity (Wildman–Crippen MR) is 102 cm³/mol. The van der Waals surface area contributed by atoms with Gasteiger partial charge in [-0.2, -0.15) is 0 Å². The summed E-state index contributed by atoms with van der Waals surface area (Å²) >= 11 is 0. The molecule has 3 nitrogen and oxygen atoms in total. The van der Waals surface area contributed by atoms with Gasteiger partial charge in [-0.1, -0.05) is 42.5 Å². The van der Waals surface area contributed by atoms with Crippen molar-refractivity contribution in [3.05, 3.63) is 76.9 Å². The molecule has 1 atom stereocenters. The first-order chi connectivity index (χ1) is 12.0. The van der Waals surface area contributed by atoms with E-state index in [1.54, 1.807) is 7.11 Å². The Morgan fingerprint density at radius 2 is 1.64 bits per heavy atom. The lowest BCUT2D eigenvalue weighted by Crippen LogP contribution is -2.27. The third-order valence-corrected chi connectivity index (χ3v) is 4.69. The van der Waals surface area contributed by atoms with Crippen molar-refractivity contribution in [2.45, 2.75) is 26.8 Å². The van der Waals surface area contributed by atoms with Crippen molar-refractivity contribution in [3.63, 3.8) is 0 Å². The van der Waals surface area contributed by atoms with E-state index in [0.29, 0.717) is 11.3 Å². The van der Waals surface area contributed by atoms with Crippen LogP contribution in [0.5, 0.6) is 5.75 Å². The van der Waals surface area contributed by atoms with Crippen molar-refractivity contribution in [1.82, 2.24) is 5.32 Å². The zero-order valence-corrected chi connectivity index (χ0v) is 15.1. The van der Waals surface area contributed by atoms with Crippen LogP contribution in [-0.2, 0) is 0 Å². The number of nitrogens with one attached hydrogen (secondary N) is 1. The molecule has 0 fully saturated rings. The molecular weight excluding hydrogens is 310 g/mol. The molecule has 0 spiro atoms. The Kier molecular flexibility index (Phi) is 4.75. The van der Waals surface area contributed by atoms with Crippen LogP contribution >= 0.6 is 0 Å². The molecule has 3 heteroatoms. The third kappa shape index (κ3) is 3.50. The molecule has 3 aromatic rings. The molecule has 0 aliphatic carbocycles. The zero-order valence-electron chi connectivity index (χ0n) is 15.1. The fraction of sp³-hybridized carbons (Fsp3) is 0.227. The summed E-state index contributed by atoms with van der Waals surface area (Å²) in [5.74, 6) is 0.455. The Bertz CT molecular complexity index is 930. The second kappa shape index (κ2) is 6.98. The second-order valence-electron chi connectivity index (χ2n) is 6.44. The lowest BCUT2D eigenvalue weighted by atomic mass is 10.0. The van der Waals surface area contributed by atoms with Crippen LogP contribution in [0.15, 0.2) is 54.6 Å². The number of carbonyl (C=O) groups is 1. The van der Waals surface area contributed by atoms with Crippen LogP contribution in [-0.4, -0.2) is 13.0 Å². The summed E-state index contributed by atoms with van der Waals surface area (Å²) in [6, 6.07) is 17.9. The van der Waals surface area contributed by atoms with Gasteiger partial charge in [-0.05, 0) is 60.4 Å². The van der Waals surface area contributed by atoms with Crippen LogP contribution in [0.2, 0.25) is 0 Å². The summed E-state index contributed by atoms with van der Waals surface area (Å²) in [6.45, 7) is 6.16. The molecule has 128 valence electrons. The van der Waals surface area contributed by atoms with E-state index < -0.39 is 0 Å². The Balaban J connectivity index is 1.89. The third-order valence-electron chi connectivity index (χ3n) is 4.69. The Labute approximate surface area is 148 Å². The lowest BCUT2D eigenvalue weighted by molar-refractivity contribution is 0.0937.